The van der Waals surface area contributed by atoms with E-state index in [1.165, 1.54) is 29.2 Å². The zero-order valence-electron chi connectivity index (χ0n) is 28.4. The highest BCUT2D eigenvalue weighted by atomic mass is 32.3. The molecular weight excluding hydrogens is 781 g/mol. The van der Waals surface area contributed by atoms with Crippen LogP contribution in [-0.4, -0.2) is 55.3 Å². The number of fused-ring (bicyclic) bond motifs is 2. The van der Waals surface area contributed by atoms with Gasteiger partial charge in [-0.15, -0.1) is 8.46 Å². The molecule has 6 rings (SSSR count). The lowest BCUT2D eigenvalue weighted by molar-refractivity contribution is -0.432. The van der Waals surface area contributed by atoms with Crippen LogP contribution in [0.25, 0.3) is 0 Å². The molecule has 2 N–H and O–H groups in total. The average Bonchev–Trinajstić information content (AvgIpc) is 3.41. The summed E-state index contributed by atoms with van der Waals surface area (Å²) in [5.41, 5.74) is 5.55. The number of nitrogens with zero attached hydrogens (tertiary/aromatic N) is 3. The Morgan fingerprint density at radius 3 is 2.38 bits per heavy atom. The Labute approximate surface area is 323 Å². The first-order chi connectivity index (χ1) is 24.4. The lowest BCUT2D eigenvalue weighted by atomic mass is 9.78. The van der Waals surface area contributed by atoms with Crippen LogP contribution in [0.2, 0.25) is 0 Å². The van der Waals surface area contributed by atoms with Crippen LogP contribution in [0.3, 0.4) is 0 Å². The molecule has 0 aromatic heterocycles. The third-order valence-corrected chi connectivity index (χ3v) is 14.3. The summed E-state index contributed by atoms with van der Waals surface area (Å²) >= 11 is 17.4. The summed E-state index contributed by atoms with van der Waals surface area (Å²) in [6, 6.07) is 18.2. The van der Waals surface area contributed by atoms with Gasteiger partial charge in [-0.05, 0) is 91.3 Å². The quantitative estimate of drug-likeness (QED) is 0.0304. The second kappa shape index (κ2) is 14.1. The molecule has 11 nitrogen and oxygen atoms in total. The van der Waals surface area contributed by atoms with Crippen molar-refractivity contribution in [3.05, 3.63) is 112 Å². The molecule has 17 heteroatoms. The van der Waals surface area contributed by atoms with Crippen LogP contribution in [0.1, 0.15) is 38.8 Å². The number of hydrogen-bond donors (Lipinski definition) is 2. The predicted octanol–water partition coefficient (Wildman–Crippen LogP) is 6.91. The Bertz CT molecular complexity index is 2430. The summed E-state index contributed by atoms with van der Waals surface area (Å²) in [6.07, 6.45) is 3.78. The van der Waals surface area contributed by atoms with Gasteiger partial charge in [-0.1, -0.05) is 49.3 Å². The fourth-order valence-corrected chi connectivity index (χ4v) is 11.1. The lowest BCUT2D eigenvalue weighted by Crippen LogP contribution is -2.40. The number of isothiocyanates is 1. The number of allylic oxidation sites excluding steroid dienone is 5. The van der Waals surface area contributed by atoms with Crippen molar-refractivity contribution in [3.63, 3.8) is 0 Å². The molecule has 0 fully saturated rings. The molecule has 2 heterocycles. The summed E-state index contributed by atoms with van der Waals surface area (Å²) in [6.45, 7) is 8.03. The Morgan fingerprint density at radius 1 is 1.02 bits per heavy atom. The summed E-state index contributed by atoms with van der Waals surface area (Å²) in [5.74, 6) is -0.732. The first kappa shape index (κ1) is 38.3. The van der Waals surface area contributed by atoms with E-state index in [1.54, 1.807) is 30.3 Å². The maximum absolute atomic E-state index is 13.6. The molecule has 270 valence electrons. The van der Waals surface area contributed by atoms with Crippen molar-refractivity contribution in [2.24, 2.45) is 4.99 Å². The zero-order chi connectivity index (χ0) is 37.8. The first-order valence-corrected chi connectivity index (χ1v) is 20.6. The molecule has 0 unspecified atom stereocenters. The molecule has 0 saturated carbocycles. The highest BCUT2D eigenvalue weighted by Crippen LogP contribution is 2.51. The number of aliphatic imine (C=N–C) groups is 1. The van der Waals surface area contributed by atoms with Gasteiger partial charge in [-0.25, -0.2) is 22.1 Å². The van der Waals surface area contributed by atoms with E-state index in [1.807, 2.05) is 49.3 Å². The van der Waals surface area contributed by atoms with E-state index >= 15 is 0 Å². The number of benzene rings is 3. The van der Waals surface area contributed by atoms with Crippen molar-refractivity contribution in [1.82, 2.24) is 4.13 Å². The number of hydrogen-bond acceptors (Lipinski definition) is 13. The smallest absolute Gasteiger partial charge is 0.253 e. The molecule has 3 aromatic carbocycles. The molecule has 3 aliphatic rings. The Hall–Kier alpha value is -3.45. The van der Waals surface area contributed by atoms with Crippen LogP contribution in [0.15, 0.2) is 115 Å². The van der Waals surface area contributed by atoms with Crippen molar-refractivity contribution in [3.8, 4) is 0 Å². The Kier molecular flexibility index (Phi) is 10.4. The number of rotatable bonds is 11. The van der Waals surface area contributed by atoms with E-state index in [4.69, 9.17) is 42.3 Å². The van der Waals surface area contributed by atoms with Gasteiger partial charge < -0.3 is 17.5 Å². The van der Waals surface area contributed by atoms with Crippen LogP contribution < -0.4 is 9.03 Å². The Morgan fingerprint density at radius 2 is 1.73 bits per heavy atom. The first-order valence-electron chi connectivity index (χ1n) is 15.5. The number of anilines is 1. The van der Waals surface area contributed by atoms with Crippen molar-refractivity contribution in [2.45, 2.75) is 48.3 Å². The van der Waals surface area contributed by atoms with Gasteiger partial charge in [0, 0.05) is 44.3 Å². The van der Waals surface area contributed by atoms with Gasteiger partial charge >= 0.3 is 0 Å². The number of nitrogens with one attached hydrogen (secondary N) is 1. The molecule has 1 aliphatic carbocycles. The van der Waals surface area contributed by atoms with Crippen LogP contribution in [-0.2, 0) is 52.9 Å². The van der Waals surface area contributed by atoms with Crippen LogP contribution in [0.4, 0.5) is 17.1 Å². The summed E-state index contributed by atoms with van der Waals surface area (Å²) in [5, 5.41) is 14.9. The molecule has 0 saturated heterocycles. The van der Waals surface area contributed by atoms with E-state index in [0.717, 1.165) is 29.0 Å². The normalized spacial score (nSPS) is 19.2. The minimum absolute atomic E-state index is 0.190. The maximum Gasteiger partial charge on any atom is 0.253 e. The van der Waals surface area contributed by atoms with Gasteiger partial charge in [0.1, 0.15) is 12.9 Å². The summed E-state index contributed by atoms with van der Waals surface area (Å²) < 4.78 is 62.0. The molecule has 0 radical (unpaired) electrons. The second-order valence-electron chi connectivity index (χ2n) is 13.2. The predicted molar refractivity (Wildman–Crippen MR) is 211 cm³/mol. The van der Waals surface area contributed by atoms with E-state index in [-0.39, 0.29) is 4.90 Å². The summed E-state index contributed by atoms with van der Waals surface area (Å²) in [4.78, 5) is 7.08. The van der Waals surface area contributed by atoms with Gasteiger partial charge in [0.15, 0.2) is 5.71 Å². The topological polar surface area (TPSA) is 138 Å². The Balaban J connectivity index is 1.40. The van der Waals surface area contributed by atoms with E-state index in [2.05, 4.69) is 37.9 Å². The maximum atomic E-state index is 13.6. The van der Waals surface area contributed by atoms with Crippen LogP contribution >= 0.6 is 36.5 Å². The fraction of sp³-hybridized carbons (Fsp3) is 0.229. The molecule has 0 atom stereocenters. The third kappa shape index (κ3) is 6.87. The molecule has 0 amide bonds. The fourth-order valence-electron chi connectivity index (χ4n) is 6.74. The number of thiocarbonyl (C=S) groups is 2. The van der Waals surface area contributed by atoms with Gasteiger partial charge in [0.25, 0.3) is 10.0 Å². The van der Waals surface area contributed by atoms with Gasteiger partial charge in [-0.3, -0.25) is 0 Å². The van der Waals surface area contributed by atoms with Crippen molar-refractivity contribution >= 4 is 102 Å². The average molecular weight is 813 g/mol. The second-order valence-corrected chi connectivity index (χ2v) is 18.6. The highest BCUT2D eigenvalue weighted by molar-refractivity contribution is 8.04. The zero-order valence-corrected chi connectivity index (χ0v) is 33.3. The lowest BCUT2D eigenvalue weighted by Gasteiger charge is -2.35. The van der Waals surface area contributed by atoms with E-state index in [9.17, 15) is 16.8 Å². The summed E-state index contributed by atoms with van der Waals surface area (Å²) in [7, 11) is -6.93. The SMILES string of the molecule is C[N+]1=C(C=C2C(=S)C(C=C3N(CS(=O)(=O)NS(=O)(=O)c4ccccc4)c4ccc(SOOO)cc4C3(C)C)=C2[S-])C(C)(C)c2cc(N=C=S)ccc21. The van der Waals surface area contributed by atoms with Crippen molar-refractivity contribution in [1.29, 1.82) is 0 Å². The third-order valence-electron chi connectivity index (χ3n) is 9.35. The van der Waals surface area contributed by atoms with Gasteiger partial charge in [0.05, 0.1) is 33.2 Å². The molecule has 2 aliphatic heterocycles. The van der Waals surface area contributed by atoms with Gasteiger partial charge in [0.2, 0.25) is 15.7 Å². The van der Waals surface area contributed by atoms with E-state index in [0.29, 0.717) is 48.4 Å². The highest BCUT2D eigenvalue weighted by Gasteiger charge is 2.45. The molecule has 0 bridgehead atoms. The largest absolute Gasteiger partial charge is 0.778 e. The van der Waals surface area contributed by atoms with Gasteiger partial charge in [-0.2, -0.15) is 14.5 Å². The molecule has 0 spiro atoms. The minimum atomic E-state index is -4.50. The molecular formula is C35H32N4O7S6. The van der Waals surface area contributed by atoms with Crippen LogP contribution in [0, 0.1) is 0 Å². The standard InChI is InChI=1S/C35H32N4O7S6/c1-34(2)26-15-21(36-19-47)11-13-28(26)38(5)30(34)17-24-32(48)25(33(24)49)18-31-35(3,4)27-16-22(50-46-45-40)12-14-29(27)39(31)20-51(41,42)37-52(43,44)23-9-7-6-8-10-23/h6-18,37H,20H2,1-5H3,(H-,40,48,49). The minimum Gasteiger partial charge on any atom is -0.778 e. The van der Waals surface area contributed by atoms with Crippen LogP contribution in [0.5, 0.6) is 0 Å². The van der Waals surface area contributed by atoms with Crippen molar-refractivity contribution < 1.29 is 36.0 Å². The van der Waals surface area contributed by atoms with E-state index < -0.39 is 36.8 Å². The molecule has 3 aromatic rings. The number of sulfonamides is 2. The monoisotopic (exact) mass is 812 g/mol. The van der Waals surface area contributed by atoms with Crippen molar-refractivity contribution in [2.75, 3.05) is 17.8 Å². The molecule has 52 heavy (non-hydrogen) atoms.